The highest BCUT2D eigenvalue weighted by atomic mass is 35.5. The van der Waals surface area contributed by atoms with E-state index in [2.05, 4.69) is 11.8 Å². The fourth-order valence-corrected chi connectivity index (χ4v) is 1.71. The molecule has 3 heteroatoms. The maximum absolute atomic E-state index is 11.5. The third-order valence-electron chi connectivity index (χ3n) is 2.62. The largest absolute Gasteiger partial charge is 0.469 e. The molecule has 1 rings (SSSR count). The predicted molar refractivity (Wildman–Crippen MR) is 78.2 cm³/mol. The van der Waals surface area contributed by atoms with E-state index in [0.29, 0.717) is 5.02 Å². The molecule has 0 heterocycles. The summed E-state index contributed by atoms with van der Waals surface area (Å²) in [5.41, 5.74) is 1.54. The summed E-state index contributed by atoms with van der Waals surface area (Å²) >= 11 is 6.20. The number of hydrogen-bond donors (Lipinski definition) is 0. The Bertz CT molecular complexity index is 530. The molecule has 19 heavy (non-hydrogen) atoms. The van der Waals surface area contributed by atoms with Crippen LogP contribution in [0.3, 0.4) is 0 Å². The zero-order chi connectivity index (χ0) is 14.6. The van der Waals surface area contributed by atoms with Crippen LogP contribution in [0.2, 0.25) is 5.02 Å². The lowest BCUT2D eigenvalue weighted by atomic mass is 9.96. The fourth-order valence-electron chi connectivity index (χ4n) is 1.47. The van der Waals surface area contributed by atoms with Crippen molar-refractivity contribution in [3.63, 3.8) is 0 Å². The van der Waals surface area contributed by atoms with Crippen LogP contribution in [0.5, 0.6) is 0 Å². The Labute approximate surface area is 120 Å². The van der Waals surface area contributed by atoms with Crippen LogP contribution in [0.1, 0.15) is 44.7 Å². The Morgan fingerprint density at radius 3 is 2.47 bits per heavy atom. The zero-order valence-electron chi connectivity index (χ0n) is 12.0. The molecule has 0 bridgehead atoms. The van der Waals surface area contributed by atoms with E-state index in [1.54, 1.807) is 13.0 Å². The van der Waals surface area contributed by atoms with Gasteiger partial charge in [0.15, 0.2) is 0 Å². The van der Waals surface area contributed by atoms with Crippen LogP contribution >= 0.6 is 11.6 Å². The minimum absolute atomic E-state index is 0.0681. The lowest BCUT2D eigenvalue weighted by Gasteiger charge is -2.11. The first kappa shape index (κ1) is 15.6. The molecular weight excluding hydrogens is 260 g/mol. The molecule has 0 aromatic heterocycles. The molecule has 0 amide bonds. The summed E-state index contributed by atoms with van der Waals surface area (Å²) < 4.78 is 4.72. The van der Waals surface area contributed by atoms with E-state index in [4.69, 9.17) is 16.3 Å². The van der Waals surface area contributed by atoms with Crippen LogP contribution < -0.4 is 0 Å². The van der Waals surface area contributed by atoms with Gasteiger partial charge in [-0.2, -0.15) is 0 Å². The Hall–Kier alpha value is -1.46. The van der Waals surface area contributed by atoms with Crippen molar-refractivity contribution in [3.05, 3.63) is 34.3 Å². The van der Waals surface area contributed by atoms with Crippen LogP contribution in [0.25, 0.3) is 0 Å². The first-order valence-corrected chi connectivity index (χ1v) is 6.53. The summed E-state index contributed by atoms with van der Waals surface area (Å²) in [5, 5.41) is 0.560. The monoisotopic (exact) mass is 278 g/mol. The van der Waals surface area contributed by atoms with E-state index >= 15 is 0 Å². The topological polar surface area (TPSA) is 26.3 Å². The molecule has 1 unspecified atom stereocenters. The average molecular weight is 279 g/mol. The number of esters is 1. The number of benzene rings is 1. The zero-order valence-corrected chi connectivity index (χ0v) is 12.8. The van der Waals surface area contributed by atoms with Gasteiger partial charge in [0.05, 0.1) is 18.1 Å². The van der Waals surface area contributed by atoms with E-state index in [1.807, 2.05) is 32.9 Å². The first-order chi connectivity index (χ1) is 8.74. The average Bonchev–Trinajstić information content (AvgIpc) is 2.34. The quantitative estimate of drug-likeness (QED) is 0.603. The molecule has 1 aromatic rings. The van der Waals surface area contributed by atoms with Gasteiger partial charge in [0.2, 0.25) is 0 Å². The van der Waals surface area contributed by atoms with Crippen molar-refractivity contribution >= 4 is 17.6 Å². The van der Waals surface area contributed by atoms with E-state index in [1.165, 1.54) is 7.11 Å². The summed E-state index contributed by atoms with van der Waals surface area (Å²) in [6, 6.07) is 5.48. The lowest BCUT2D eigenvalue weighted by Crippen LogP contribution is -2.10. The molecular formula is C16H19ClO2. The van der Waals surface area contributed by atoms with E-state index in [0.717, 1.165) is 11.1 Å². The number of halogens is 1. The Morgan fingerprint density at radius 2 is 2.00 bits per heavy atom. The Balaban J connectivity index is 3.04. The highest BCUT2D eigenvalue weighted by molar-refractivity contribution is 6.31. The highest BCUT2D eigenvalue weighted by Crippen LogP contribution is 2.24. The molecule has 0 fully saturated rings. The number of carbonyl (C=O) groups excluding carboxylic acids is 1. The van der Waals surface area contributed by atoms with Crippen molar-refractivity contribution in [2.45, 2.75) is 33.6 Å². The molecule has 102 valence electrons. The highest BCUT2D eigenvalue weighted by Gasteiger charge is 2.16. The molecule has 0 saturated heterocycles. The minimum Gasteiger partial charge on any atom is -0.469 e. The van der Waals surface area contributed by atoms with Gasteiger partial charge < -0.3 is 4.74 Å². The van der Waals surface area contributed by atoms with Crippen LogP contribution in [-0.2, 0) is 9.53 Å². The van der Waals surface area contributed by atoms with Gasteiger partial charge >= 0.3 is 5.97 Å². The first-order valence-electron chi connectivity index (χ1n) is 6.15. The number of rotatable bonds is 2. The van der Waals surface area contributed by atoms with Crippen LogP contribution in [0, 0.1) is 17.3 Å². The normalized spacial score (nSPS) is 12.3. The van der Waals surface area contributed by atoms with E-state index < -0.39 is 0 Å². The molecule has 0 spiro atoms. The number of ether oxygens (including phenoxy) is 1. The standard InChI is InChI=1S/C16H19ClO2/c1-11(15(18)19-5)13-7-6-12(14(17)10-13)8-9-16(2,3)4/h6-7,10-11H,1-5H3. The third kappa shape index (κ3) is 4.61. The van der Waals surface area contributed by atoms with Gasteiger partial charge in [0, 0.05) is 11.0 Å². The second-order valence-electron chi connectivity index (χ2n) is 5.48. The number of methoxy groups -OCH3 is 1. The summed E-state index contributed by atoms with van der Waals surface area (Å²) in [5.74, 6) is 5.60. The molecule has 2 nitrogen and oxygen atoms in total. The van der Waals surface area contributed by atoms with Crippen molar-refractivity contribution in [1.29, 1.82) is 0 Å². The molecule has 1 aromatic carbocycles. The summed E-state index contributed by atoms with van der Waals surface area (Å²) in [6.07, 6.45) is 0. The molecule has 0 N–H and O–H groups in total. The smallest absolute Gasteiger partial charge is 0.312 e. The molecule has 0 radical (unpaired) electrons. The number of hydrogen-bond acceptors (Lipinski definition) is 2. The van der Waals surface area contributed by atoms with Crippen molar-refractivity contribution < 1.29 is 9.53 Å². The maximum Gasteiger partial charge on any atom is 0.312 e. The molecule has 0 saturated carbocycles. The SMILES string of the molecule is COC(=O)C(C)c1ccc(C#CC(C)(C)C)c(Cl)c1. The van der Waals surface area contributed by atoms with E-state index in [-0.39, 0.29) is 17.3 Å². The molecule has 0 aliphatic carbocycles. The summed E-state index contributed by atoms with van der Waals surface area (Å²) in [7, 11) is 1.38. The third-order valence-corrected chi connectivity index (χ3v) is 2.93. The van der Waals surface area contributed by atoms with Gasteiger partial charge in [-0.3, -0.25) is 4.79 Å². The summed E-state index contributed by atoms with van der Waals surface area (Å²) in [4.78, 5) is 11.5. The number of carbonyl (C=O) groups is 1. The summed E-state index contributed by atoms with van der Waals surface area (Å²) in [6.45, 7) is 7.92. The van der Waals surface area contributed by atoms with Gasteiger partial charge in [-0.25, -0.2) is 0 Å². The Kier molecular flexibility index (Phi) is 5.03. The van der Waals surface area contributed by atoms with Crippen molar-refractivity contribution in [2.24, 2.45) is 5.41 Å². The van der Waals surface area contributed by atoms with Gasteiger partial charge in [0.25, 0.3) is 0 Å². The second kappa shape index (κ2) is 6.12. The predicted octanol–water partition coefficient (Wildman–Crippen LogP) is 4.01. The van der Waals surface area contributed by atoms with Crippen LogP contribution in [-0.4, -0.2) is 13.1 Å². The maximum atomic E-state index is 11.5. The minimum atomic E-state index is -0.327. The van der Waals surface area contributed by atoms with Crippen molar-refractivity contribution in [2.75, 3.05) is 7.11 Å². The second-order valence-corrected chi connectivity index (χ2v) is 5.89. The van der Waals surface area contributed by atoms with Crippen molar-refractivity contribution in [1.82, 2.24) is 0 Å². The van der Waals surface area contributed by atoms with Gasteiger partial charge in [0.1, 0.15) is 0 Å². The Morgan fingerprint density at radius 1 is 1.37 bits per heavy atom. The molecule has 0 aliphatic rings. The van der Waals surface area contributed by atoms with Crippen LogP contribution in [0.15, 0.2) is 18.2 Å². The van der Waals surface area contributed by atoms with Gasteiger partial charge in [-0.15, -0.1) is 0 Å². The van der Waals surface area contributed by atoms with Gasteiger partial charge in [-0.1, -0.05) is 29.5 Å². The molecule has 1 atom stereocenters. The van der Waals surface area contributed by atoms with Crippen LogP contribution in [0.4, 0.5) is 0 Å². The lowest BCUT2D eigenvalue weighted by molar-refractivity contribution is -0.141. The molecule has 0 aliphatic heterocycles. The van der Waals surface area contributed by atoms with Gasteiger partial charge in [-0.05, 0) is 45.4 Å². The van der Waals surface area contributed by atoms with E-state index in [9.17, 15) is 4.79 Å². The van der Waals surface area contributed by atoms with Crippen molar-refractivity contribution in [3.8, 4) is 11.8 Å². The fraction of sp³-hybridized carbons (Fsp3) is 0.438.